The maximum absolute atomic E-state index is 12.1. The first-order valence-electron chi connectivity index (χ1n) is 10.5. The molecule has 4 N–H and O–H groups in total. The summed E-state index contributed by atoms with van der Waals surface area (Å²) in [4.78, 5) is 12.1. The average molecular weight is 426 g/mol. The molecule has 5 atom stereocenters. The third kappa shape index (κ3) is 3.01. The quantitative estimate of drug-likeness (QED) is 0.581. The second kappa shape index (κ2) is 7.62. The van der Waals surface area contributed by atoms with E-state index in [1.54, 1.807) is 12.1 Å². The first-order chi connectivity index (χ1) is 15.1. The SMILES string of the molecule is COc1cc(OCCCCN)cc2c1[C@]1(O)C3OC(=O)NC3[C@@H](c3ccccc3)C1O2. The van der Waals surface area contributed by atoms with Gasteiger partial charge in [-0.2, -0.15) is 0 Å². The maximum Gasteiger partial charge on any atom is 0.407 e. The summed E-state index contributed by atoms with van der Waals surface area (Å²) in [6.07, 6.45) is -0.288. The van der Waals surface area contributed by atoms with E-state index in [9.17, 15) is 9.90 Å². The smallest absolute Gasteiger partial charge is 0.407 e. The average Bonchev–Trinajstić information content (AvgIpc) is 3.36. The molecular weight excluding hydrogens is 400 g/mol. The van der Waals surface area contributed by atoms with E-state index in [-0.39, 0.29) is 5.92 Å². The van der Waals surface area contributed by atoms with Crippen molar-refractivity contribution in [3.63, 3.8) is 0 Å². The molecule has 164 valence electrons. The molecule has 0 bridgehead atoms. The second-order valence-corrected chi connectivity index (χ2v) is 8.14. The fourth-order valence-corrected chi connectivity index (χ4v) is 5.08. The topological polar surface area (TPSA) is 112 Å². The van der Waals surface area contributed by atoms with Crippen LogP contribution in [0.4, 0.5) is 4.79 Å². The van der Waals surface area contributed by atoms with E-state index in [0.29, 0.717) is 36.0 Å². The number of carbonyl (C=O) groups is 1. The number of aliphatic hydroxyl groups is 1. The number of hydrogen-bond acceptors (Lipinski definition) is 7. The summed E-state index contributed by atoms with van der Waals surface area (Å²) in [6.45, 7) is 1.14. The lowest BCUT2D eigenvalue weighted by Crippen LogP contribution is -2.44. The fraction of sp³-hybridized carbons (Fsp3) is 0.435. The third-order valence-corrected chi connectivity index (χ3v) is 6.39. The van der Waals surface area contributed by atoms with Gasteiger partial charge < -0.3 is 35.1 Å². The number of unbranched alkanes of at least 4 members (excludes halogenated alkanes) is 1. The minimum absolute atomic E-state index is 0.298. The summed E-state index contributed by atoms with van der Waals surface area (Å²) in [5.41, 5.74) is 5.43. The van der Waals surface area contributed by atoms with Crippen molar-refractivity contribution in [3.8, 4) is 17.2 Å². The molecule has 2 heterocycles. The molecule has 2 aliphatic heterocycles. The van der Waals surface area contributed by atoms with Gasteiger partial charge in [0.15, 0.2) is 11.7 Å². The van der Waals surface area contributed by atoms with Crippen LogP contribution in [-0.2, 0) is 10.3 Å². The van der Waals surface area contributed by atoms with Crippen molar-refractivity contribution in [2.24, 2.45) is 5.73 Å². The van der Waals surface area contributed by atoms with E-state index in [2.05, 4.69) is 5.32 Å². The van der Waals surface area contributed by atoms with Gasteiger partial charge in [-0.25, -0.2) is 4.79 Å². The molecule has 3 aliphatic rings. The van der Waals surface area contributed by atoms with Crippen LogP contribution in [-0.4, -0.2) is 49.7 Å². The lowest BCUT2D eigenvalue weighted by atomic mass is 9.86. The van der Waals surface area contributed by atoms with Gasteiger partial charge in [0.05, 0.1) is 25.3 Å². The summed E-state index contributed by atoms with van der Waals surface area (Å²) in [5.74, 6) is 1.20. The van der Waals surface area contributed by atoms with Gasteiger partial charge in [-0.1, -0.05) is 30.3 Å². The Bertz CT molecular complexity index is 984. The minimum atomic E-state index is -1.55. The van der Waals surface area contributed by atoms with Gasteiger partial charge in [-0.15, -0.1) is 0 Å². The van der Waals surface area contributed by atoms with E-state index in [4.69, 9.17) is 24.7 Å². The number of hydrogen-bond donors (Lipinski definition) is 3. The predicted molar refractivity (Wildman–Crippen MR) is 111 cm³/mol. The summed E-state index contributed by atoms with van der Waals surface area (Å²) in [7, 11) is 1.53. The van der Waals surface area contributed by atoms with Crippen LogP contribution in [0.2, 0.25) is 0 Å². The zero-order valence-corrected chi connectivity index (χ0v) is 17.2. The number of amides is 1. The molecule has 2 fully saturated rings. The molecule has 2 aromatic rings. The van der Waals surface area contributed by atoms with Crippen LogP contribution < -0.4 is 25.3 Å². The van der Waals surface area contributed by atoms with Crippen LogP contribution >= 0.6 is 0 Å². The van der Waals surface area contributed by atoms with Gasteiger partial charge in [-0.05, 0) is 24.9 Å². The number of rotatable bonds is 7. The lowest BCUT2D eigenvalue weighted by Gasteiger charge is -2.28. The maximum atomic E-state index is 12.1. The Morgan fingerprint density at radius 3 is 2.71 bits per heavy atom. The summed E-state index contributed by atoms with van der Waals surface area (Å²) >= 11 is 0. The standard InChI is InChI=1S/C23H26N2O6/c1-28-15-11-14(29-10-6-5-9-24)12-16-18(15)23(27)20(30-16)17(13-7-3-2-4-8-13)19-21(23)31-22(26)25-19/h2-4,7-8,11-12,17,19-21,27H,5-6,9-10,24H2,1H3,(H,25,26)/t17-,19?,20?,21?,23-/m1/s1. The molecule has 0 aromatic heterocycles. The van der Waals surface area contributed by atoms with Crippen LogP contribution in [0.1, 0.15) is 29.9 Å². The normalized spacial score (nSPS) is 30.0. The highest BCUT2D eigenvalue weighted by Gasteiger charge is 2.71. The highest BCUT2D eigenvalue weighted by atomic mass is 16.6. The monoisotopic (exact) mass is 426 g/mol. The molecule has 31 heavy (non-hydrogen) atoms. The minimum Gasteiger partial charge on any atom is -0.496 e. The van der Waals surface area contributed by atoms with Gasteiger partial charge in [-0.3, -0.25) is 0 Å². The first kappa shape index (κ1) is 20.0. The molecule has 1 saturated carbocycles. The Morgan fingerprint density at radius 1 is 1.16 bits per heavy atom. The van der Waals surface area contributed by atoms with E-state index in [1.807, 2.05) is 30.3 Å². The number of carbonyl (C=O) groups excluding carboxylic acids is 1. The van der Waals surface area contributed by atoms with Crippen molar-refractivity contribution < 1.29 is 28.8 Å². The Labute approximate surface area is 180 Å². The van der Waals surface area contributed by atoms with Crippen molar-refractivity contribution >= 4 is 6.09 Å². The Balaban J connectivity index is 1.55. The molecule has 1 aliphatic carbocycles. The largest absolute Gasteiger partial charge is 0.496 e. The van der Waals surface area contributed by atoms with Gasteiger partial charge in [0.1, 0.15) is 23.4 Å². The second-order valence-electron chi connectivity index (χ2n) is 8.14. The van der Waals surface area contributed by atoms with Crippen LogP contribution in [0.5, 0.6) is 17.2 Å². The van der Waals surface area contributed by atoms with E-state index < -0.39 is 29.9 Å². The van der Waals surface area contributed by atoms with Crippen LogP contribution in [0, 0.1) is 0 Å². The highest BCUT2D eigenvalue weighted by molar-refractivity contribution is 5.73. The van der Waals surface area contributed by atoms with E-state index >= 15 is 0 Å². The van der Waals surface area contributed by atoms with Gasteiger partial charge in [0, 0.05) is 18.1 Å². The van der Waals surface area contributed by atoms with Crippen molar-refractivity contribution in [2.45, 2.75) is 42.6 Å². The van der Waals surface area contributed by atoms with Crippen molar-refractivity contribution in [2.75, 3.05) is 20.3 Å². The zero-order chi connectivity index (χ0) is 21.6. The van der Waals surface area contributed by atoms with Crippen LogP contribution in [0.15, 0.2) is 42.5 Å². The number of nitrogens with two attached hydrogens (primary N) is 1. The highest BCUT2D eigenvalue weighted by Crippen LogP contribution is 2.60. The van der Waals surface area contributed by atoms with E-state index in [0.717, 1.165) is 18.4 Å². The Kier molecular flexibility index (Phi) is 4.91. The number of ether oxygens (including phenoxy) is 4. The van der Waals surface area contributed by atoms with Gasteiger partial charge in [0.25, 0.3) is 0 Å². The van der Waals surface area contributed by atoms with Gasteiger partial charge >= 0.3 is 6.09 Å². The molecule has 0 spiro atoms. The first-order valence-corrected chi connectivity index (χ1v) is 10.5. The molecule has 0 radical (unpaired) electrons. The Hall–Kier alpha value is -2.97. The van der Waals surface area contributed by atoms with Crippen LogP contribution in [0.3, 0.4) is 0 Å². The number of benzene rings is 2. The summed E-state index contributed by atoms with van der Waals surface area (Å²) < 4.78 is 23.3. The number of nitrogens with one attached hydrogen (secondary N) is 1. The molecule has 1 saturated heterocycles. The molecule has 8 heteroatoms. The number of fused-ring (bicyclic) bond motifs is 5. The van der Waals surface area contributed by atoms with Crippen molar-refractivity contribution in [1.29, 1.82) is 0 Å². The third-order valence-electron chi connectivity index (χ3n) is 6.39. The summed E-state index contributed by atoms with van der Waals surface area (Å²) in [6, 6.07) is 12.8. The summed E-state index contributed by atoms with van der Waals surface area (Å²) in [5, 5.41) is 14.8. The predicted octanol–water partition coefficient (Wildman–Crippen LogP) is 2.04. The Morgan fingerprint density at radius 2 is 1.97 bits per heavy atom. The molecule has 2 aromatic carbocycles. The number of alkyl carbamates (subject to hydrolysis) is 1. The molecule has 3 unspecified atom stereocenters. The molecular formula is C23H26N2O6. The van der Waals surface area contributed by atoms with Crippen LogP contribution in [0.25, 0.3) is 0 Å². The molecule has 8 nitrogen and oxygen atoms in total. The van der Waals surface area contributed by atoms with Crippen molar-refractivity contribution in [1.82, 2.24) is 5.32 Å². The van der Waals surface area contributed by atoms with Gasteiger partial charge in [0.2, 0.25) is 0 Å². The van der Waals surface area contributed by atoms with Crippen molar-refractivity contribution in [3.05, 3.63) is 53.6 Å². The van der Waals surface area contributed by atoms with E-state index in [1.165, 1.54) is 7.11 Å². The lowest BCUT2D eigenvalue weighted by molar-refractivity contribution is -0.0881. The fourth-order valence-electron chi connectivity index (χ4n) is 5.08. The molecule has 1 amide bonds. The molecule has 5 rings (SSSR count). The number of methoxy groups -OCH3 is 1. The zero-order valence-electron chi connectivity index (χ0n) is 17.2.